The number of benzene rings is 2. The van der Waals surface area contributed by atoms with Crippen molar-refractivity contribution in [3.8, 4) is 0 Å². The van der Waals surface area contributed by atoms with Crippen molar-refractivity contribution in [1.29, 1.82) is 0 Å². The normalized spacial score (nSPS) is 16.0. The molecular formula is C19H20Cl2FN3O3S. The maximum Gasteiger partial charge on any atom is 0.252 e. The van der Waals surface area contributed by atoms with E-state index in [9.17, 15) is 17.6 Å². The number of halogens is 3. The standard InChI is InChI=1S/C19H20Cl2FN3O3S/c20-14-1-6-17(18(21)13-14)19(26)23-7-8-24-9-11-25(12-10-24)29(27,28)16-4-2-15(22)3-5-16/h1-6,13H,7-12H2,(H,23,26). The Labute approximate surface area is 179 Å². The van der Waals surface area contributed by atoms with E-state index in [0.29, 0.717) is 49.9 Å². The number of sulfonamides is 1. The number of carbonyl (C=O) groups excluding carboxylic acids is 1. The van der Waals surface area contributed by atoms with Crippen molar-refractivity contribution in [2.45, 2.75) is 4.90 Å². The van der Waals surface area contributed by atoms with Crippen molar-refractivity contribution in [2.75, 3.05) is 39.3 Å². The number of nitrogens with one attached hydrogen (secondary N) is 1. The summed E-state index contributed by atoms with van der Waals surface area (Å²) in [7, 11) is -3.64. The summed E-state index contributed by atoms with van der Waals surface area (Å²) in [6, 6.07) is 9.50. The zero-order chi connectivity index (χ0) is 21.0. The van der Waals surface area contributed by atoms with Gasteiger partial charge in [0.15, 0.2) is 0 Å². The van der Waals surface area contributed by atoms with Crippen LogP contribution in [0.4, 0.5) is 4.39 Å². The first-order valence-electron chi connectivity index (χ1n) is 8.99. The van der Waals surface area contributed by atoms with Gasteiger partial charge in [-0.15, -0.1) is 0 Å². The van der Waals surface area contributed by atoms with Gasteiger partial charge < -0.3 is 5.32 Å². The lowest BCUT2D eigenvalue weighted by Crippen LogP contribution is -2.50. The summed E-state index contributed by atoms with van der Waals surface area (Å²) in [4.78, 5) is 14.4. The smallest absolute Gasteiger partial charge is 0.252 e. The molecule has 1 aliphatic heterocycles. The summed E-state index contributed by atoms with van der Waals surface area (Å²) in [5, 5.41) is 3.55. The Hall–Kier alpha value is -1.71. The van der Waals surface area contributed by atoms with E-state index in [-0.39, 0.29) is 15.8 Å². The van der Waals surface area contributed by atoms with Crippen molar-refractivity contribution >= 4 is 39.1 Å². The Morgan fingerprint density at radius 1 is 1.03 bits per heavy atom. The summed E-state index contributed by atoms with van der Waals surface area (Å²) in [6.07, 6.45) is 0. The topological polar surface area (TPSA) is 69.7 Å². The zero-order valence-electron chi connectivity index (χ0n) is 15.4. The van der Waals surface area contributed by atoms with Gasteiger partial charge in [-0.1, -0.05) is 23.2 Å². The van der Waals surface area contributed by atoms with Crippen LogP contribution in [0.3, 0.4) is 0 Å². The van der Waals surface area contributed by atoms with Crippen molar-refractivity contribution in [3.63, 3.8) is 0 Å². The SMILES string of the molecule is O=C(NCCN1CCN(S(=O)(=O)c2ccc(F)cc2)CC1)c1ccc(Cl)cc1Cl. The van der Waals surface area contributed by atoms with E-state index in [0.717, 1.165) is 12.1 Å². The highest BCUT2D eigenvalue weighted by atomic mass is 35.5. The largest absolute Gasteiger partial charge is 0.351 e. The molecule has 0 bridgehead atoms. The molecule has 0 atom stereocenters. The van der Waals surface area contributed by atoms with E-state index < -0.39 is 15.8 Å². The van der Waals surface area contributed by atoms with Gasteiger partial charge in [-0.05, 0) is 42.5 Å². The first kappa shape index (κ1) is 22.0. The van der Waals surface area contributed by atoms with E-state index >= 15 is 0 Å². The van der Waals surface area contributed by atoms with E-state index in [1.54, 1.807) is 12.1 Å². The molecule has 1 N–H and O–H groups in total. The summed E-state index contributed by atoms with van der Waals surface area (Å²) in [6.45, 7) is 2.73. The number of rotatable bonds is 6. The fourth-order valence-electron chi connectivity index (χ4n) is 3.05. The second-order valence-electron chi connectivity index (χ2n) is 6.58. The Kier molecular flexibility index (Phi) is 7.13. The van der Waals surface area contributed by atoms with Gasteiger partial charge in [-0.2, -0.15) is 4.31 Å². The fraction of sp³-hybridized carbons (Fsp3) is 0.316. The molecule has 0 aliphatic carbocycles. The Bertz CT molecular complexity index is 979. The summed E-state index contributed by atoms with van der Waals surface area (Å²) in [5.41, 5.74) is 0.353. The van der Waals surface area contributed by atoms with Gasteiger partial charge in [-0.25, -0.2) is 12.8 Å². The highest BCUT2D eigenvalue weighted by Gasteiger charge is 2.28. The molecule has 0 radical (unpaired) electrons. The molecule has 10 heteroatoms. The Balaban J connectivity index is 1.47. The van der Waals surface area contributed by atoms with E-state index in [2.05, 4.69) is 10.2 Å². The molecule has 2 aromatic rings. The molecule has 0 spiro atoms. The maximum absolute atomic E-state index is 13.0. The molecule has 29 heavy (non-hydrogen) atoms. The van der Waals surface area contributed by atoms with Gasteiger partial charge in [-0.3, -0.25) is 9.69 Å². The minimum Gasteiger partial charge on any atom is -0.351 e. The lowest BCUT2D eigenvalue weighted by Gasteiger charge is -2.33. The third kappa shape index (κ3) is 5.46. The number of carbonyl (C=O) groups is 1. The molecule has 0 saturated carbocycles. The average Bonchev–Trinajstić information content (AvgIpc) is 2.68. The van der Waals surface area contributed by atoms with Gasteiger partial charge in [0.05, 0.1) is 15.5 Å². The molecule has 1 heterocycles. The van der Waals surface area contributed by atoms with Crippen LogP contribution < -0.4 is 5.32 Å². The molecule has 3 rings (SSSR count). The summed E-state index contributed by atoms with van der Waals surface area (Å²) >= 11 is 11.9. The van der Waals surface area contributed by atoms with Crippen LogP contribution in [0, 0.1) is 5.82 Å². The van der Waals surface area contributed by atoms with E-state index in [1.165, 1.54) is 22.5 Å². The second-order valence-corrected chi connectivity index (χ2v) is 9.36. The fourth-order valence-corrected chi connectivity index (χ4v) is 4.96. The maximum atomic E-state index is 13.0. The highest BCUT2D eigenvalue weighted by Crippen LogP contribution is 2.21. The van der Waals surface area contributed by atoms with Crippen LogP contribution in [-0.4, -0.2) is 62.8 Å². The molecular weight excluding hydrogens is 440 g/mol. The predicted molar refractivity (Wildman–Crippen MR) is 110 cm³/mol. The lowest BCUT2D eigenvalue weighted by molar-refractivity contribution is 0.0945. The minimum atomic E-state index is -3.64. The zero-order valence-corrected chi connectivity index (χ0v) is 17.8. The lowest BCUT2D eigenvalue weighted by atomic mass is 10.2. The minimum absolute atomic E-state index is 0.0828. The second kappa shape index (κ2) is 9.40. The van der Waals surface area contributed by atoms with Crippen LogP contribution >= 0.6 is 23.2 Å². The molecule has 6 nitrogen and oxygen atoms in total. The van der Waals surface area contributed by atoms with Crippen LogP contribution in [0.5, 0.6) is 0 Å². The molecule has 1 fully saturated rings. The Morgan fingerprint density at radius 2 is 1.69 bits per heavy atom. The third-order valence-electron chi connectivity index (χ3n) is 4.67. The Morgan fingerprint density at radius 3 is 2.31 bits per heavy atom. The molecule has 1 aliphatic rings. The number of hydrogen-bond donors (Lipinski definition) is 1. The quantitative estimate of drug-likeness (QED) is 0.720. The van der Waals surface area contributed by atoms with E-state index in [1.807, 2.05) is 0 Å². The molecule has 1 amide bonds. The van der Waals surface area contributed by atoms with E-state index in [4.69, 9.17) is 23.2 Å². The van der Waals surface area contributed by atoms with Crippen molar-refractivity contribution in [2.24, 2.45) is 0 Å². The van der Waals surface area contributed by atoms with Crippen molar-refractivity contribution in [1.82, 2.24) is 14.5 Å². The monoisotopic (exact) mass is 459 g/mol. The van der Waals surface area contributed by atoms with Crippen molar-refractivity contribution in [3.05, 3.63) is 63.9 Å². The molecule has 2 aromatic carbocycles. The first-order chi connectivity index (χ1) is 13.8. The van der Waals surface area contributed by atoms with Gasteiger partial charge in [0.1, 0.15) is 5.82 Å². The van der Waals surface area contributed by atoms with Gasteiger partial charge >= 0.3 is 0 Å². The summed E-state index contributed by atoms with van der Waals surface area (Å²) in [5.74, 6) is -0.764. The number of piperazine rings is 1. The summed E-state index contributed by atoms with van der Waals surface area (Å²) < 4.78 is 39.7. The first-order valence-corrected chi connectivity index (χ1v) is 11.2. The van der Waals surface area contributed by atoms with Crippen LogP contribution in [0.2, 0.25) is 10.0 Å². The molecule has 1 saturated heterocycles. The van der Waals surface area contributed by atoms with Crippen LogP contribution in [0.25, 0.3) is 0 Å². The van der Waals surface area contributed by atoms with Crippen molar-refractivity contribution < 1.29 is 17.6 Å². The van der Waals surface area contributed by atoms with Gasteiger partial charge in [0.25, 0.3) is 5.91 Å². The van der Waals surface area contributed by atoms with Gasteiger partial charge in [0.2, 0.25) is 10.0 Å². The van der Waals surface area contributed by atoms with Gasteiger partial charge in [0, 0.05) is 44.3 Å². The number of hydrogen-bond acceptors (Lipinski definition) is 4. The molecule has 156 valence electrons. The number of amides is 1. The molecule has 0 unspecified atom stereocenters. The average molecular weight is 460 g/mol. The third-order valence-corrected chi connectivity index (χ3v) is 7.13. The van der Waals surface area contributed by atoms with Crippen LogP contribution in [0.15, 0.2) is 47.4 Å². The number of nitrogens with zero attached hydrogens (tertiary/aromatic N) is 2. The van der Waals surface area contributed by atoms with Crippen LogP contribution in [-0.2, 0) is 10.0 Å². The highest BCUT2D eigenvalue weighted by molar-refractivity contribution is 7.89. The molecule has 0 aromatic heterocycles. The van der Waals surface area contributed by atoms with Crippen LogP contribution in [0.1, 0.15) is 10.4 Å². The predicted octanol–water partition coefficient (Wildman–Crippen LogP) is 2.87.